The topological polar surface area (TPSA) is 102 Å². The van der Waals surface area contributed by atoms with E-state index >= 15 is 0 Å². The third-order valence-corrected chi connectivity index (χ3v) is 2.83. The first-order chi connectivity index (χ1) is 8.06. The number of hydrogen-bond acceptors (Lipinski definition) is 6. The Bertz CT molecular complexity index is 546. The average Bonchev–Trinajstić information content (AvgIpc) is 2.58. The molecule has 0 unspecified atom stereocenters. The van der Waals surface area contributed by atoms with Crippen molar-refractivity contribution in [2.75, 3.05) is 0 Å². The van der Waals surface area contributed by atoms with Gasteiger partial charge >= 0.3 is 0 Å². The molecule has 2 aromatic rings. The van der Waals surface area contributed by atoms with Crippen LogP contribution < -0.4 is 5.73 Å². The quantitative estimate of drug-likeness (QED) is 0.485. The number of nitrogens with one attached hydrogen (secondary N) is 1. The van der Waals surface area contributed by atoms with Crippen LogP contribution >= 0.6 is 11.8 Å². The molecule has 88 valence electrons. The first kappa shape index (κ1) is 11.6. The lowest BCUT2D eigenvalue weighted by molar-refractivity contribution is 0.430. The summed E-state index contributed by atoms with van der Waals surface area (Å²) in [7, 11) is 0. The molecule has 0 bridgehead atoms. The monoisotopic (exact) mass is 249 g/mol. The molecule has 0 aliphatic heterocycles. The third-order valence-electron chi connectivity index (χ3n) is 2.10. The average molecular weight is 249 g/mol. The highest BCUT2D eigenvalue weighted by molar-refractivity contribution is 7.98. The Morgan fingerprint density at radius 1 is 1.41 bits per heavy atom. The number of amidine groups is 1. The fraction of sp³-hybridized carbons (Fsp3) is 0.200. The molecule has 7 heteroatoms. The van der Waals surface area contributed by atoms with Crippen molar-refractivity contribution in [3.63, 3.8) is 0 Å². The molecule has 0 saturated heterocycles. The Kier molecular flexibility index (Phi) is 3.10. The van der Waals surface area contributed by atoms with Crippen molar-refractivity contribution >= 4 is 17.6 Å². The van der Waals surface area contributed by atoms with Gasteiger partial charge in [-0.05, 0) is 19.9 Å². The SMILES string of the molecule is Cc1nc(Sc2nccc(C(=N)N)n2)oc1C. The molecule has 6 nitrogen and oxygen atoms in total. The van der Waals surface area contributed by atoms with Gasteiger partial charge in [-0.1, -0.05) is 0 Å². The number of rotatable bonds is 3. The van der Waals surface area contributed by atoms with E-state index in [1.807, 2.05) is 13.8 Å². The van der Waals surface area contributed by atoms with Gasteiger partial charge in [0, 0.05) is 18.0 Å². The van der Waals surface area contributed by atoms with Crippen LogP contribution in [0.3, 0.4) is 0 Å². The van der Waals surface area contributed by atoms with Crippen LogP contribution in [-0.2, 0) is 0 Å². The molecule has 0 fully saturated rings. The highest BCUT2D eigenvalue weighted by Gasteiger charge is 2.10. The summed E-state index contributed by atoms with van der Waals surface area (Å²) in [4.78, 5) is 12.4. The summed E-state index contributed by atoms with van der Waals surface area (Å²) in [5.74, 6) is 0.684. The normalized spacial score (nSPS) is 10.5. The second-order valence-electron chi connectivity index (χ2n) is 3.36. The van der Waals surface area contributed by atoms with E-state index in [9.17, 15) is 0 Å². The molecule has 2 rings (SSSR count). The number of nitrogens with two attached hydrogens (primary N) is 1. The molecule has 0 atom stereocenters. The second-order valence-corrected chi connectivity index (χ2v) is 4.28. The molecular weight excluding hydrogens is 238 g/mol. The molecule has 0 saturated carbocycles. The van der Waals surface area contributed by atoms with Crippen molar-refractivity contribution in [3.05, 3.63) is 29.4 Å². The number of oxazole rings is 1. The molecule has 0 aliphatic rings. The van der Waals surface area contributed by atoms with E-state index in [-0.39, 0.29) is 5.84 Å². The Hall–Kier alpha value is -1.89. The fourth-order valence-electron chi connectivity index (χ4n) is 1.11. The lowest BCUT2D eigenvalue weighted by Gasteiger charge is -1.98. The molecule has 0 amide bonds. The zero-order valence-corrected chi connectivity index (χ0v) is 10.2. The minimum Gasteiger partial charge on any atom is -0.436 e. The summed E-state index contributed by atoms with van der Waals surface area (Å²) < 4.78 is 5.41. The van der Waals surface area contributed by atoms with E-state index in [1.165, 1.54) is 11.8 Å². The van der Waals surface area contributed by atoms with Gasteiger partial charge in [-0.25, -0.2) is 15.0 Å². The van der Waals surface area contributed by atoms with Crippen LogP contribution in [0.5, 0.6) is 0 Å². The summed E-state index contributed by atoms with van der Waals surface area (Å²) in [6, 6.07) is 1.58. The minimum atomic E-state index is -0.0889. The van der Waals surface area contributed by atoms with Gasteiger partial charge in [0.25, 0.3) is 5.22 Å². The fourth-order valence-corrected chi connectivity index (χ4v) is 1.87. The standard InChI is InChI=1S/C10H11N5OS/c1-5-6(2)16-10(14-5)17-9-13-4-3-7(15-9)8(11)12/h3-4H,1-2H3,(H3,11,12). The van der Waals surface area contributed by atoms with Gasteiger partial charge in [-0.3, -0.25) is 5.41 Å². The molecule has 17 heavy (non-hydrogen) atoms. The predicted octanol–water partition coefficient (Wildman–Crippen LogP) is 1.52. The summed E-state index contributed by atoms with van der Waals surface area (Å²) in [5, 5.41) is 8.23. The van der Waals surface area contributed by atoms with Crippen LogP contribution in [0.25, 0.3) is 0 Å². The van der Waals surface area contributed by atoms with Gasteiger partial charge in [0.1, 0.15) is 17.3 Å². The molecule has 0 aliphatic carbocycles. The van der Waals surface area contributed by atoms with Crippen molar-refractivity contribution in [1.29, 1.82) is 5.41 Å². The molecule has 0 radical (unpaired) electrons. The minimum absolute atomic E-state index is 0.0889. The first-order valence-corrected chi connectivity index (χ1v) is 5.67. The molecule has 0 spiro atoms. The van der Waals surface area contributed by atoms with Crippen LogP contribution in [0, 0.1) is 19.3 Å². The van der Waals surface area contributed by atoms with Crippen LogP contribution in [0.1, 0.15) is 17.1 Å². The highest BCUT2D eigenvalue weighted by atomic mass is 32.2. The largest absolute Gasteiger partial charge is 0.436 e. The number of aromatic nitrogens is 3. The molecule has 2 aromatic heterocycles. The molecule has 0 aromatic carbocycles. The lowest BCUT2D eigenvalue weighted by atomic mass is 10.4. The van der Waals surface area contributed by atoms with E-state index in [1.54, 1.807) is 12.3 Å². The Balaban J connectivity index is 2.24. The van der Waals surface area contributed by atoms with E-state index in [4.69, 9.17) is 15.6 Å². The van der Waals surface area contributed by atoms with Gasteiger partial charge in [0.15, 0.2) is 5.16 Å². The second kappa shape index (κ2) is 4.54. The van der Waals surface area contributed by atoms with Crippen molar-refractivity contribution in [2.24, 2.45) is 5.73 Å². The van der Waals surface area contributed by atoms with Crippen molar-refractivity contribution in [3.8, 4) is 0 Å². The van der Waals surface area contributed by atoms with Crippen molar-refractivity contribution in [2.45, 2.75) is 24.2 Å². The number of nitrogens with zero attached hydrogens (tertiary/aromatic N) is 3. The van der Waals surface area contributed by atoms with Crippen LogP contribution in [-0.4, -0.2) is 20.8 Å². The molecule has 3 N–H and O–H groups in total. The van der Waals surface area contributed by atoms with Gasteiger partial charge in [-0.15, -0.1) is 0 Å². The molecule has 2 heterocycles. The molecular formula is C10H11N5OS. The predicted molar refractivity (Wildman–Crippen MR) is 63.1 cm³/mol. The Labute approximate surface area is 102 Å². The Morgan fingerprint density at radius 3 is 2.76 bits per heavy atom. The van der Waals surface area contributed by atoms with E-state index in [2.05, 4.69) is 15.0 Å². The van der Waals surface area contributed by atoms with Crippen molar-refractivity contribution in [1.82, 2.24) is 15.0 Å². The summed E-state index contributed by atoms with van der Waals surface area (Å²) >= 11 is 1.20. The van der Waals surface area contributed by atoms with Crippen LogP contribution in [0.15, 0.2) is 27.1 Å². The lowest BCUT2D eigenvalue weighted by Crippen LogP contribution is -2.13. The third kappa shape index (κ3) is 2.62. The van der Waals surface area contributed by atoms with Crippen molar-refractivity contribution < 1.29 is 4.42 Å². The maximum Gasteiger partial charge on any atom is 0.264 e. The van der Waals surface area contributed by atoms with Gasteiger partial charge in [0.05, 0.1) is 5.69 Å². The van der Waals surface area contributed by atoms with Gasteiger partial charge in [-0.2, -0.15) is 0 Å². The zero-order valence-electron chi connectivity index (χ0n) is 9.39. The maximum absolute atomic E-state index is 7.29. The summed E-state index contributed by atoms with van der Waals surface area (Å²) in [6.45, 7) is 3.72. The van der Waals surface area contributed by atoms with Crippen LogP contribution in [0.2, 0.25) is 0 Å². The number of aryl methyl sites for hydroxylation is 2. The van der Waals surface area contributed by atoms with Crippen LogP contribution in [0.4, 0.5) is 0 Å². The smallest absolute Gasteiger partial charge is 0.264 e. The first-order valence-electron chi connectivity index (χ1n) is 4.85. The summed E-state index contributed by atoms with van der Waals surface area (Å²) in [6.07, 6.45) is 1.55. The number of nitrogen functional groups attached to an aromatic ring is 1. The van der Waals surface area contributed by atoms with Gasteiger partial charge < -0.3 is 10.2 Å². The van der Waals surface area contributed by atoms with E-state index in [0.29, 0.717) is 16.1 Å². The maximum atomic E-state index is 7.29. The zero-order chi connectivity index (χ0) is 12.4. The van der Waals surface area contributed by atoms with E-state index in [0.717, 1.165) is 11.5 Å². The number of hydrogen-bond donors (Lipinski definition) is 2. The van der Waals surface area contributed by atoms with Gasteiger partial charge in [0.2, 0.25) is 0 Å². The van der Waals surface area contributed by atoms with E-state index < -0.39 is 0 Å². The highest BCUT2D eigenvalue weighted by Crippen LogP contribution is 2.25. The summed E-state index contributed by atoms with van der Waals surface area (Å²) in [5.41, 5.74) is 6.58. The Morgan fingerprint density at radius 2 is 2.18 bits per heavy atom.